The lowest BCUT2D eigenvalue weighted by Crippen LogP contribution is -2.59. The second-order valence-corrected chi connectivity index (χ2v) is 8.16. The predicted octanol–water partition coefficient (Wildman–Crippen LogP) is 3.30. The third-order valence-corrected chi connectivity index (χ3v) is 5.51. The summed E-state index contributed by atoms with van der Waals surface area (Å²) in [5.74, 6) is 0.496. The number of nitrogens with two attached hydrogens (primary N) is 1. The molecule has 0 aromatic rings. The Balaban J connectivity index is 2.35. The Kier molecular flexibility index (Phi) is 3.79. The molecule has 0 saturated heterocycles. The van der Waals surface area contributed by atoms with Crippen LogP contribution < -0.4 is 5.73 Å². The Bertz CT molecular complexity index is 433. The summed E-state index contributed by atoms with van der Waals surface area (Å²) >= 11 is 0. The van der Waals surface area contributed by atoms with Gasteiger partial charge in [0.15, 0.2) is 0 Å². The van der Waals surface area contributed by atoms with Crippen LogP contribution in [0.4, 0.5) is 0 Å². The minimum atomic E-state index is -0.687. The summed E-state index contributed by atoms with van der Waals surface area (Å²) in [5.41, 5.74) is 7.08. The minimum Gasteiger partial charge on any atom is -0.481 e. The molecule has 1 fully saturated rings. The summed E-state index contributed by atoms with van der Waals surface area (Å²) in [5, 5.41) is 9.76. The highest BCUT2D eigenvalue weighted by molar-refractivity contribution is 5.72. The molecule has 3 heteroatoms. The number of carboxylic acid groups (broad SMARTS) is 1. The Morgan fingerprint density at radius 3 is 2.50 bits per heavy atom. The van der Waals surface area contributed by atoms with Crippen LogP contribution in [-0.2, 0) is 4.79 Å². The van der Waals surface area contributed by atoms with Crippen molar-refractivity contribution in [3.05, 3.63) is 11.6 Å². The largest absolute Gasteiger partial charge is 0.481 e. The summed E-state index contributed by atoms with van der Waals surface area (Å²) in [6.07, 6.45) is 4.46. The van der Waals surface area contributed by atoms with E-state index in [1.54, 1.807) is 0 Å². The zero-order chi connectivity index (χ0) is 15.3. The van der Waals surface area contributed by atoms with Crippen LogP contribution >= 0.6 is 0 Å². The SMILES string of the molecule is CC(C)C1=C[C@H]2[C@@H](C1)C[C@]2(CN)C(C(=O)O)C(C)(C)C. The van der Waals surface area contributed by atoms with Gasteiger partial charge >= 0.3 is 5.97 Å². The van der Waals surface area contributed by atoms with Crippen LogP contribution in [0.2, 0.25) is 0 Å². The van der Waals surface area contributed by atoms with Gasteiger partial charge in [0.1, 0.15) is 0 Å². The lowest BCUT2D eigenvalue weighted by Gasteiger charge is -2.58. The minimum absolute atomic E-state index is 0.245. The fourth-order valence-electron chi connectivity index (χ4n) is 4.72. The van der Waals surface area contributed by atoms with Crippen LogP contribution in [0.3, 0.4) is 0 Å². The first-order valence-electron chi connectivity index (χ1n) is 7.77. The number of fused-ring (bicyclic) bond motifs is 1. The number of aliphatic carboxylic acids is 1. The van der Waals surface area contributed by atoms with E-state index in [2.05, 4.69) is 19.9 Å². The highest BCUT2D eigenvalue weighted by atomic mass is 16.4. The van der Waals surface area contributed by atoms with Gasteiger partial charge in [-0.05, 0) is 42.6 Å². The molecule has 2 aliphatic rings. The molecule has 3 N–H and O–H groups in total. The zero-order valence-corrected chi connectivity index (χ0v) is 13.4. The Labute approximate surface area is 122 Å². The van der Waals surface area contributed by atoms with Gasteiger partial charge in [0.2, 0.25) is 0 Å². The van der Waals surface area contributed by atoms with E-state index >= 15 is 0 Å². The van der Waals surface area contributed by atoms with E-state index in [-0.39, 0.29) is 16.7 Å². The van der Waals surface area contributed by atoms with Crippen LogP contribution in [0.25, 0.3) is 0 Å². The first-order valence-corrected chi connectivity index (χ1v) is 7.77. The Hall–Kier alpha value is -0.830. The van der Waals surface area contributed by atoms with Crippen molar-refractivity contribution in [1.82, 2.24) is 0 Å². The van der Waals surface area contributed by atoms with Crippen molar-refractivity contribution in [3.8, 4) is 0 Å². The molecule has 1 saturated carbocycles. The molecule has 2 rings (SSSR count). The summed E-state index contributed by atoms with van der Waals surface area (Å²) in [6.45, 7) is 11.0. The number of carbonyl (C=O) groups is 1. The monoisotopic (exact) mass is 279 g/mol. The van der Waals surface area contributed by atoms with Crippen molar-refractivity contribution < 1.29 is 9.90 Å². The van der Waals surface area contributed by atoms with E-state index in [1.165, 1.54) is 5.57 Å². The normalized spacial score (nSPS) is 34.5. The van der Waals surface area contributed by atoms with E-state index < -0.39 is 5.97 Å². The van der Waals surface area contributed by atoms with Crippen LogP contribution in [0, 0.1) is 34.5 Å². The van der Waals surface area contributed by atoms with Crippen LogP contribution in [0.5, 0.6) is 0 Å². The molecular formula is C17H29NO2. The fraction of sp³-hybridized carbons (Fsp3) is 0.824. The van der Waals surface area contributed by atoms with E-state index in [4.69, 9.17) is 5.73 Å². The Morgan fingerprint density at radius 1 is 1.50 bits per heavy atom. The zero-order valence-electron chi connectivity index (χ0n) is 13.4. The van der Waals surface area contributed by atoms with Gasteiger partial charge < -0.3 is 10.8 Å². The van der Waals surface area contributed by atoms with Crippen LogP contribution in [0.15, 0.2) is 11.6 Å². The van der Waals surface area contributed by atoms with Gasteiger partial charge in [-0.2, -0.15) is 0 Å². The van der Waals surface area contributed by atoms with Crippen molar-refractivity contribution in [1.29, 1.82) is 0 Å². The number of rotatable bonds is 4. The molecule has 0 heterocycles. The second kappa shape index (κ2) is 4.87. The van der Waals surface area contributed by atoms with E-state index in [0.717, 1.165) is 12.8 Å². The molecule has 0 radical (unpaired) electrons. The maximum Gasteiger partial charge on any atom is 0.307 e. The molecule has 114 valence electrons. The summed E-state index contributed by atoms with van der Waals surface area (Å²) in [4.78, 5) is 11.9. The molecular weight excluding hydrogens is 250 g/mol. The first kappa shape index (κ1) is 15.6. The smallest absolute Gasteiger partial charge is 0.307 e. The summed E-state index contributed by atoms with van der Waals surface area (Å²) < 4.78 is 0. The first-order chi connectivity index (χ1) is 9.13. The average Bonchev–Trinajstić information content (AvgIpc) is 2.62. The molecule has 1 unspecified atom stereocenters. The van der Waals surface area contributed by atoms with Crippen molar-refractivity contribution in [2.24, 2.45) is 40.2 Å². The number of carboxylic acids is 1. The number of allylic oxidation sites excluding steroid dienone is 2. The molecule has 0 aromatic carbocycles. The maximum absolute atomic E-state index is 11.9. The maximum atomic E-state index is 11.9. The van der Waals surface area contributed by atoms with Gasteiger partial charge in [-0.25, -0.2) is 0 Å². The van der Waals surface area contributed by atoms with Gasteiger partial charge in [-0.1, -0.05) is 46.3 Å². The predicted molar refractivity (Wildman–Crippen MR) is 81.2 cm³/mol. The van der Waals surface area contributed by atoms with Gasteiger partial charge in [-0.15, -0.1) is 0 Å². The third kappa shape index (κ3) is 2.20. The van der Waals surface area contributed by atoms with Gasteiger partial charge in [0.05, 0.1) is 5.92 Å². The van der Waals surface area contributed by atoms with E-state index in [9.17, 15) is 9.90 Å². The molecule has 0 spiro atoms. The molecule has 2 aliphatic carbocycles. The van der Waals surface area contributed by atoms with E-state index in [0.29, 0.717) is 24.3 Å². The molecule has 3 nitrogen and oxygen atoms in total. The third-order valence-electron chi connectivity index (χ3n) is 5.51. The molecule has 0 aromatic heterocycles. The Morgan fingerprint density at radius 2 is 2.10 bits per heavy atom. The van der Waals surface area contributed by atoms with Crippen LogP contribution in [-0.4, -0.2) is 17.6 Å². The van der Waals surface area contributed by atoms with Crippen molar-refractivity contribution in [3.63, 3.8) is 0 Å². The van der Waals surface area contributed by atoms with Gasteiger partial charge in [0, 0.05) is 5.41 Å². The second-order valence-electron chi connectivity index (χ2n) is 8.16. The van der Waals surface area contributed by atoms with Crippen LogP contribution in [0.1, 0.15) is 47.5 Å². The molecule has 4 atom stereocenters. The quantitative estimate of drug-likeness (QED) is 0.776. The molecule has 0 bridgehead atoms. The number of hydrogen-bond acceptors (Lipinski definition) is 2. The standard InChI is InChI=1S/C17H29NO2/c1-10(2)11-6-12-8-17(9-18,13(12)7-11)14(15(19)20)16(3,4)5/h7,10,12-14H,6,8-9,18H2,1-5H3,(H,19,20)/t12-,13-,14?,17+/m0/s1. The van der Waals surface area contributed by atoms with Crippen molar-refractivity contribution in [2.45, 2.75) is 47.5 Å². The van der Waals surface area contributed by atoms with E-state index in [1.807, 2.05) is 20.8 Å². The molecule has 20 heavy (non-hydrogen) atoms. The molecule has 0 aliphatic heterocycles. The topological polar surface area (TPSA) is 63.3 Å². The lowest BCUT2D eigenvalue weighted by molar-refractivity contribution is -0.166. The summed E-state index contributed by atoms with van der Waals surface area (Å²) in [7, 11) is 0. The molecule has 0 amide bonds. The van der Waals surface area contributed by atoms with Crippen molar-refractivity contribution in [2.75, 3.05) is 6.54 Å². The fourth-order valence-corrected chi connectivity index (χ4v) is 4.72. The lowest BCUT2D eigenvalue weighted by atomic mass is 9.46. The average molecular weight is 279 g/mol. The highest BCUT2D eigenvalue weighted by Crippen LogP contribution is 2.64. The highest BCUT2D eigenvalue weighted by Gasteiger charge is 2.62. The number of hydrogen-bond donors (Lipinski definition) is 2. The van der Waals surface area contributed by atoms with Crippen molar-refractivity contribution >= 4 is 5.97 Å². The van der Waals surface area contributed by atoms with Gasteiger partial charge in [-0.3, -0.25) is 4.79 Å². The summed E-state index contributed by atoms with van der Waals surface area (Å²) in [6, 6.07) is 0. The van der Waals surface area contributed by atoms with Gasteiger partial charge in [0.25, 0.3) is 0 Å².